The van der Waals surface area contributed by atoms with Gasteiger partial charge in [0.05, 0.1) is 30.0 Å². The Bertz CT molecular complexity index is 1720. The van der Waals surface area contributed by atoms with Crippen LogP contribution in [0.15, 0.2) is 72.1 Å². The molecule has 44 heavy (non-hydrogen) atoms. The van der Waals surface area contributed by atoms with Crippen LogP contribution in [0.4, 0.5) is 0 Å². The first kappa shape index (κ1) is 31.6. The molecule has 0 saturated carbocycles. The van der Waals surface area contributed by atoms with Crippen molar-refractivity contribution in [3.63, 3.8) is 0 Å². The molecule has 10 nitrogen and oxygen atoms in total. The third-order valence-corrected chi connectivity index (χ3v) is 10.2. The lowest BCUT2D eigenvalue weighted by Gasteiger charge is -2.34. The van der Waals surface area contributed by atoms with E-state index in [2.05, 4.69) is 20.3 Å². The summed E-state index contributed by atoms with van der Waals surface area (Å²) < 4.78 is 37.4. The van der Waals surface area contributed by atoms with E-state index in [0.717, 1.165) is 22.3 Å². The van der Waals surface area contributed by atoms with Crippen molar-refractivity contribution in [3.8, 4) is 0 Å². The zero-order valence-electron chi connectivity index (χ0n) is 26.0. The van der Waals surface area contributed by atoms with E-state index in [1.54, 1.807) is 39.7 Å². The second-order valence-electron chi connectivity index (χ2n) is 12.2. The van der Waals surface area contributed by atoms with Gasteiger partial charge in [0.2, 0.25) is 10.0 Å². The second-order valence-corrected chi connectivity index (χ2v) is 14.1. The summed E-state index contributed by atoms with van der Waals surface area (Å²) in [6, 6.07) is 12.9. The summed E-state index contributed by atoms with van der Waals surface area (Å²) in [6.07, 6.45) is 7.03. The van der Waals surface area contributed by atoms with E-state index in [9.17, 15) is 13.2 Å². The summed E-state index contributed by atoms with van der Waals surface area (Å²) in [6.45, 7) is 11.2. The second kappa shape index (κ2) is 13.1. The van der Waals surface area contributed by atoms with E-state index in [1.165, 1.54) is 0 Å². The fourth-order valence-corrected chi connectivity index (χ4v) is 7.39. The van der Waals surface area contributed by atoms with Gasteiger partial charge >= 0.3 is 0 Å². The van der Waals surface area contributed by atoms with E-state index in [1.807, 2.05) is 71.1 Å². The number of carbonyl (C=O) groups excluding carboxylic acids is 1. The van der Waals surface area contributed by atoms with Gasteiger partial charge in [-0.15, -0.1) is 5.10 Å². The van der Waals surface area contributed by atoms with Crippen LogP contribution in [0.1, 0.15) is 67.4 Å². The minimum absolute atomic E-state index is 0.00265. The molecule has 1 aliphatic heterocycles. The Kier molecular flexibility index (Phi) is 9.38. The van der Waals surface area contributed by atoms with Crippen LogP contribution in [0.3, 0.4) is 0 Å². The molecule has 1 aromatic carbocycles. The Morgan fingerprint density at radius 3 is 2.68 bits per heavy atom. The Morgan fingerprint density at radius 2 is 1.95 bits per heavy atom. The number of hydrogen-bond acceptors (Lipinski definition) is 8. The van der Waals surface area contributed by atoms with Crippen molar-refractivity contribution in [2.24, 2.45) is 11.3 Å². The number of aromatic nitrogens is 5. The van der Waals surface area contributed by atoms with Gasteiger partial charge in [-0.05, 0) is 66.6 Å². The molecule has 0 spiro atoms. The molecule has 0 saturated heterocycles. The number of fused-ring (bicyclic) bond motifs is 1. The smallest absolute Gasteiger partial charge is 0.245 e. The summed E-state index contributed by atoms with van der Waals surface area (Å²) in [5, 5.41) is 8.34. The minimum Gasteiger partial charge on any atom is -0.366 e. The van der Waals surface area contributed by atoms with Gasteiger partial charge in [-0.2, -0.15) is 4.31 Å². The normalized spacial score (nSPS) is 17.5. The van der Waals surface area contributed by atoms with Gasteiger partial charge in [0.25, 0.3) is 0 Å². The number of pyridine rings is 2. The molecule has 0 aliphatic carbocycles. The van der Waals surface area contributed by atoms with Gasteiger partial charge in [0.15, 0.2) is 0 Å². The maximum absolute atomic E-state index is 13.8. The first-order valence-corrected chi connectivity index (χ1v) is 16.4. The molecule has 2 atom stereocenters. The molecule has 0 fully saturated rings. The number of rotatable bonds is 11. The first-order valence-electron chi connectivity index (χ1n) is 14.9. The van der Waals surface area contributed by atoms with Crippen LogP contribution in [0.2, 0.25) is 0 Å². The molecule has 0 bridgehead atoms. The Morgan fingerprint density at radius 1 is 1.16 bits per heavy atom. The predicted molar refractivity (Wildman–Crippen MR) is 166 cm³/mol. The molecule has 0 unspecified atom stereocenters. The van der Waals surface area contributed by atoms with Gasteiger partial charge in [-0.3, -0.25) is 19.4 Å². The number of Topliss-reactive ketones (excluding diaryl/α,β-unsaturated/α-hetero) is 1. The topological polar surface area (TPSA) is 120 Å². The molecule has 3 aromatic heterocycles. The zero-order chi connectivity index (χ0) is 31.5. The van der Waals surface area contributed by atoms with E-state index in [4.69, 9.17) is 4.74 Å². The number of ketones is 1. The number of hydrogen-bond donors (Lipinski definition) is 0. The van der Waals surface area contributed by atoms with Crippen molar-refractivity contribution in [1.29, 1.82) is 0 Å². The van der Waals surface area contributed by atoms with Crippen LogP contribution in [0, 0.1) is 18.3 Å². The van der Waals surface area contributed by atoms with Crippen LogP contribution in [-0.2, 0) is 52.1 Å². The lowest BCUT2D eigenvalue weighted by molar-refractivity contribution is -0.137. The largest absolute Gasteiger partial charge is 0.366 e. The molecule has 232 valence electrons. The van der Waals surface area contributed by atoms with Crippen LogP contribution in [0.5, 0.6) is 0 Å². The number of carbonyl (C=O) groups is 1. The predicted octanol–water partition coefficient (Wildman–Crippen LogP) is 4.88. The lowest BCUT2D eigenvalue weighted by Crippen LogP contribution is -2.35. The molecule has 5 rings (SSSR count). The number of aryl methyl sites for hydroxylation is 2. The molecule has 11 heteroatoms. The number of ether oxygens (including phenoxy) is 1. The van der Waals surface area contributed by atoms with Crippen molar-refractivity contribution in [2.75, 3.05) is 6.54 Å². The maximum atomic E-state index is 13.8. The summed E-state index contributed by atoms with van der Waals surface area (Å²) in [7, 11) is -3.76. The highest BCUT2D eigenvalue weighted by atomic mass is 32.2. The quantitative estimate of drug-likeness (QED) is 0.234. The van der Waals surface area contributed by atoms with Crippen LogP contribution < -0.4 is 0 Å². The molecule has 0 radical (unpaired) electrons. The molecular weight excluding hydrogens is 576 g/mol. The monoisotopic (exact) mass is 616 g/mol. The number of benzene rings is 1. The summed E-state index contributed by atoms with van der Waals surface area (Å²) >= 11 is 0. The molecule has 0 amide bonds. The summed E-state index contributed by atoms with van der Waals surface area (Å²) in [5.74, 6) is 0.101. The third-order valence-electron chi connectivity index (χ3n) is 8.32. The van der Waals surface area contributed by atoms with Gasteiger partial charge in [-0.1, -0.05) is 50.3 Å². The first-order chi connectivity index (χ1) is 21.0. The fraction of sp³-hybridized carbons (Fsp3) is 0.424. The number of sulfonamides is 1. The van der Waals surface area contributed by atoms with E-state index < -0.39 is 21.5 Å². The van der Waals surface area contributed by atoms with Crippen molar-refractivity contribution < 1.29 is 17.9 Å². The van der Waals surface area contributed by atoms with E-state index in [-0.39, 0.29) is 36.2 Å². The van der Waals surface area contributed by atoms with Gasteiger partial charge < -0.3 is 4.74 Å². The highest BCUT2D eigenvalue weighted by Crippen LogP contribution is 2.40. The molecule has 0 N–H and O–H groups in total. The van der Waals surface area contributed by atoms with Crippen LogP contribution >= 0.6 is 0 Å². The summed E-state index contributed by atoms with van der Waals surface area (Å²) in [4.78, 5) is 22.6. The average Bonchev–Trinajstić information content (AvgIpc) is 3.43. The Labute approximate surface area is 259 Å². The fourth-order valence-electron chi connectivity index (χ4n) is 5.67. The van der Waals surface area contributed by atoms with Gasteiger partial charge in [-0.25, -0.2) is 8.42 Å². The van der Waals surface area contributed by atoms with Gasteiger partial charge in [0.1, 0.15) is 16.4 Å². The highest BCUT2D eigenvalue weighted by molar-refractivity contribution is 7.89. The van der Waals surface area contributed by atoms with Crippen molar-refractivity contribution in [1.82, 2.24) is 29.3 Å². The lowest BCUT2D eigenvalue weighted by atomic mass is 9.76. The Hall–Kier alpha value is -3.80. The minimum atomic E-state index is -3.76. The number of nitrogens with zero attached hydrogens (tertiary/aromatic N) is 6. The molecule has 4 heterocycles. The Balaban J connectivity index is 1.48. The van der Waals surface area contributed by atoms with E-state index in [0.29, 0.717) is 30.9 Å². The van der Waals surface area contributed by atoms with Crippen LogP contribution in [-0.4, -0.2) is 50.0 Å². The van der Waals surface area contributed by atoms with Gasteiger partial charge in [0, 0.05) is 44.6 Å². The standard InChI is InChI=1S/C33H40N6O4S/c1-6-38-21-28(36-37-38)22-43-32(33(4,5)31(40)16-25-9-7-13-34-18-25)26-12-11-24(3)27(17-26)20-39-19-23(2)15-29-30(44(39,41)42)10-8-14-35-29/h7-14,17-18,21,23,32H,6,15-16,19-20,22H2,1-5H3/t23-,32+/m0/s1. The maximum Gasteiger partial charge on any atom is 0.245 e. The summed E-state index contributed by atoms with van der Waals surface area (Å²) in [5.41, 5.74) is 3.77. The van der Waals surface area contributed by atoms with Crippen molar-refractivity contribution in [3.05, 3.63) is 101 Å². The van der Waals surface area contributed by atoms with Crippen LogP contribution in [0.25, 0.3) is 0 Å². The average molecular weight is 617 g/mol. The molecule has 1 aliphatic rings. The third kappa shape index (κ3) is 6.80. The highest BCUT2D eigenvalue weighted by Gasteiger charge is 2.39. The van der Waals surface area contributed by atoms with Crippen molar-refractivity contribution in [2.45, 2.75) is 78.2 Å². The van der Waals surface area contributed by atoms with E-state index >= 15 is 0 Å². The van der Waals surface area contributed by atoms with Crippen molar-refractivity contribution >= 4 is 15.8 Å². The SMILES string of the molecule is CCn1cc(CO[C@H](c2ccc(C)c(CN3C[C@@H](C)Cc4ncccc4S3(=O)=O)c2)C(C)(C)C(=O)Cc2cccnc2)nn1. The zero-order valence-corrected chi connectivity index (χ0v) is 26.8. The molecular formula is C33H40N6O4S. The molecule has 4 aromatic rings.